The molecule has 0 spiro atoms. The average molecular weight is 1010 g/mol. The molecule has 424 valence electrons. The van der Waals surface area contributed by atoms with Gasteiger partial charge in [0.2, 0.25) is 0 Å². The fourth-order valence-electron chi connectivity index (χ4n) is 10.0. The van der Waals surface area contributed by atoms with Gasteiger partial charge in [0.05, 0.1) is 6.61 Å². The van der Waals surface area contributed by atoms with Crippen LogP contribution in [0.15, 0.2) is 36.5 Å². The van der Waals surface area contributed by atoms with Crippen LogP contribution in [0, 0.1) is 0 Å². The summed E-state index contributed by atoms with van der Waals surface area (Å²) in [5, 5.41) is 9.67. The van der Waals surface area contributed by atoms with E-state index in [-0.39, 0.29) is 25.2 Å². The molecule has 0 heterocycles. The fourth-order valence-corrected chi connectivity index (χ4v) is 10.0. The molecule has 0 bridgehead atoms. The maximum atomic E-state index is 12.3. The van der Waals surface area contributed by atoms with Crippen LogP contribution < -0.4 is 0 Å². The van der Waals surface area contributed by atoms with Crippen molar-refractivity contribution in [1.29, 1.82) is 0 Å². The van der Waals surface area contributed by atoms with Crippen LogP contribution in [0.1, 0.15) is 361 Å². The molecule has 0 fully saturated rings. The van der Waals surface area contributed by atoms with Gasteiger partial charge >= 0.3 is 11.9 Å². The largest absolute Gasteiger partial charge is 0.462 e. The smallest absolute Gasteiger partial charge is 0.306 e. The van der Waals surface area contributed by atoms with Crippen LogP contribution in [0.3, 0.4) is 0 Å². The van der Waals surface area contributed by atoms with Crippen molar-refractivity contribution in [3.63, 3.8) is 0 Å². The van der Waals surface area contributed by atoms with Gasteiger partial charge < -0.3 is 14.6 Å². The zero-order valence-electron chi connectivity index (χ0n) is 48.7. The van der Waals surface area contributed by atoms with Crippen molar-refractivity contribution in [2.75, 3.05) is 13.2 Å². The Morgan fingerprint density at radius 1 is 0.319 bits per heavy atom. The predicted molar refractivity (Wildman–Crippen MR) is 316 cm³/mol. The van der Waals surface area contributed by atoms with Gasteiger partial charge in [0.15, 0.2) is 6.10 Å². The van der Waals surface area contributed by atoms with Crippen LogP contribution >= 0.6 is 0 Å². The molecule has 5 heteroatoms. The van der Waals surface area contributed by atoms with E-state index in [2.05, 4.69) is 50.3 Å². The van der Waals surface area contributed by atoms with Gasteiger partial charge in [-0.2, -0.15) is 0 Å². The van der Waals surface area contributed by atoms with Gasteiger partial charge in [0.25, 0.3) is 0 Å². The number of carbonyl (C=O) groups excluding carboxylic acids is 2. The highest BCUT2D eigenvalue weighted by Gasteiger charge is 2.16. The van der Waals surface area contributed by atoms with Crippen molar-refractivity contribution in [1.82, 2.24) is 0 Å². The Morgan fingerprint density at radius 3 is 0.833 bits per heavy atom. The number of hydrogen-bond acceptors (Lipinski definition) is 5. The molecule has 0 rings (SSSR count). The summed E-state index contributed by atoms with van der Waals surface area (Å²) in [6.45, 7) is 4.17. The third kappa shape index (κ3) is 60.7. The molecule has 1 atom stereocenters. The van der Waals surface area contributed by atoms with Crippen LogP contribution in [0.2, 0.25) is 0 Å². The minimum absolute atomic E-state index is 0.0673. The molecular formula is C67H126O5. The Balaban J connectivity index is 3.39. The number of allylic oxidation sites excluding steroid dienone is 6. The summed E-state index contributed by atoms with van der Waals surface area (Å²) < 4.78 is 10.7. The molecule has 0 aliphatic rings. The average Bonchev–Trinajstić information content (AvgIpc) is 3.38. The minimum Gasteiger partial charge on any atom is -0.462 e. The standard InChI is InChI=1S/C67H126O5/c1-3-5-7-9-11-13-15-17-19-21-23-25-26-27-28-29-30-31-32-33-34-35-36-37-38-39-40-42-43-45-47-49-51-53-55-57-59-61-66(69)71-64-65(63-68)72-67(70)62-60-58-56-54-52-50-48-46-44-41-24-22-20-18-16-14-12-10-8-6-4-2/h16,18,22,24,44,46,65,68H,3-15,17,19-21,23,25-43,45,47-64H2,1-2H3/b18-16-,24-22-,46-44-. The monoisotopic (exact) mass is 1010 g/mol. The van der Waals surface area contributed by atoms with Crippen LogP contribution in [0.4, 0.5) is 0 Å². The molecule has 0 amide bonds. The molecule has 1 unspecified atom stereocenters. The second-order valence-electron chi connectivity index (χ2n) is 22.2. The Bertz CT molecular complexity index is 1140. The zero-order valence-corrected chi connectivity index (χ0v) is 48.7. The Hall–Kier alpha value is -1.88. The summed E-state index contributed by atoms with van der Waals surface area (Å²) in [6, 6.07) is 0. The molecule has 72 heavy (non-hydrogen) atoms. The van der Waals surface area contributed by atoms with Crippen LogP contribution in [0.25, 0.3) is 0 Å². The molecule has 0 aromatic carbocycles. The van der Waals surface area contributed by atoms with Crippen LogP contribution in [0.5, 0.6) is 0 Å². The van der Waals surface area contributed by atoms with Crippen LogP contribution in [-0.4, -0.2) is 36.4 Å². The Labute approximate surface area is 450 Å². The SMILES string of the molecule is CCCCCCC/C=C\C/C=C\C/C=C\CCCCCCCCC(=O)OC(CO)COC(=O)CCCCCCCCCCCCCCCCCCCCCCCCCCCCCCCCCCCCCCC. The van der Waals surface area contributed by atoms with Crippen molar-refractivity contribution >= 4 is 11.9 Å². The number of esters is 2. The summed E-state index contributed by atoms with van der Waals surface area (Å²) >= 11 is 0. The van der Waals surface area contributed by atoms with Gasteiger partial charge in [-0.1, -0.05) is 333 Å². The van der Waals surface area contributed by atoms with Gasteiger partial charge in [0, 0.05) is 12.8 Å². The minimum atomic E-state index is -0.778. The first-order valence-electron chi connectivity index (χ1n) is 32.5. The molecule has 1 N–H and O–H groups in total. The highest BCUT2D eigenvalue weighted by Crippen LogP contribution is 2.18. The Kier molecular flexibility index (Phi) is 61.8. The molecule has 0 aromatic rings. The van der Waals surface area contributed by atoms with E-state index in [1.165, 1.54) is 276 Å². The van der Waals surface area contributed by atoms with Gasteiger partial charge in [0.1, 0.15) is 6.61 Å². The van der Waals surface area contributed by atoms with Gasteiger partial charge in [-0.05, 0) is 51.4 Å². The number of hydrogen-bond donors (Lipinski definition) is 1. The second-order valence-corrected chi connectivity index (χ2v) is 22.2. The van der Waals surface area contributed by atoms with Gasteiger partial charge in [-0.25, -0.2) is 0 Å². The van der Waals surface area contributed by atoms with E-state index < -0.39 is 6.10 Å². The third-order valence-electron chi connectivity index (χ3n) is 14.9. The highest BCUT2D eigenvalue weighted by molar-refractivity contribution is 5.70. The number of ether oxygens (including phenoxy) is 2. The highest BCUT2D eigenvalue weighted by atomic mass is 16.6. The van der Waals surface area contributed by atoms with E-state index >= 15 is 0 Å². The van der Waals surface area contributed by atoms with E-state index in [0.717, 1.165) is 57.8 Å². The number of carbonyl (C=O) groups is 2. The van der Waals surface area contributed by atoms with E-state index in [0.29, 0.717) is 12.8 Å². The van der Waals surface area contributed by atoms with Crippen molar-refractivity contribution in [3.05, 3.63) is 36.5 Å². The lowest BCUT2D eigenvalue weighted by atomic mass is 10.0. The summed E-state index contributed by atoms with van der Waals surface area (Å²) in [5.41, 5.74) is 0. The van der Waals surface area contributed by atoms with E-state index in [9.17, 15) is 14.7 Å². The van der Waals surface area contributed by atoms with E-state index in [1.54, 1.807) is 0 Å². The molecule has 5 nitrogen and oxygen atoms in total. The van der Waals surface area contributed by atoms with Crippen molar-refractivity contribution < 1.29 is 24.2 Å². The number of rotatable bonds is 61. The molecular weight excluding hydrogens is 885 g/mol. The van der Waals surface area contributed by atoms with Crippen molar-refractivity contribution in [2.45, 2.75) is 367 Å². The van der Waals surface area contributed by atoms with Crippen LogP contribution in [-0.2, 0) is 19.1 Å². The first-order chi connectivity index (χ1) is 35.6. The third-order valence-corrected chi connectivity index (χ3v) is 14.9. The number of aliphatic hydroxyl groups is 1. The summed E-state index contributed by atoms with van der Waals surface area (Å²) in [7, 11) is 0. The molecule has 0 saturated carbocycles. The molecule has 0 aliphatic heterocycles. The zero-order chi connectivity index (χ0) is 52.0. The van der Waals surface area contributed by atoms with Gasteiger partial charge in [-0.15, -0.1) is 0 Å². The molecule has 0 radical (unpaired) electrons. The summed E-state index contributed by atoms with van der Waals surface area (Å²) in [5.74, 6) is -0.588. The van der Waals surface area contributed by atoms with Crippen molar-refractivity contribution in [2.24, 2.45) is 0 Å². The first-order valence-corrected chi connectivity index (χ1v) is 32.5. The van der Waals surface area contributed by atoms with E-state index in [1.807, 2.05) is 0 Å². The molecule has 0 aliphatic carbocycles. The lowest BCUT2D eigenvalue weighted by molar-refractivity contribution is -0.161. The second kappa shape index (κ2) is 63.4. The van der Waals surface area contributed by atoms with E-state index in [4.69, 9.17) is 9.47 Å². The number of unbranched alkanes of at least 4 members (excludes halogenated alkanes) is 47. The maximum Gasteiger partial charge on any atom is 0.306 e. The topological polar surface area (TPSA) is 72.8 Å². The van der Waals surface area contributed by atoms with Gasteiger partial charge in [-0.3, -0.25) is 9.59 Å². The summed E-state index contributed by atoms with van der Waals surface area (Å²) in [6.07, 6.45) is 83.1. The maximum absolute atomic E-state index is 12.3. The quantitative estimate of drug-likeness (QED) is 0.0373. The lowest BCUT2D eigenvalue weighted by Gasteiger charge is -2.15. The molecule has 0 saturated heterocycles. The molecule has 0 aromatic heterocycles. The summed E-state index contributed by atoms with van der Waals surface area (Å²) in [4.78, 5) is 24.6. The lowest BCUT2D eigenvalue weighted by Crippen LogP contribution is -2.28. The normalized spacial score (nSPS) is 12.3. The predicted octanol–water partition coefficient (Wildman–Crippen LogP) is 22.2. The Morgan fingerprint density at radius 2 is 0.556 bits per heavy atom. The first kappa shape index (κ1) is 70.1. The number of aliphatic hydroxyl groups excluding tert-OH is 1. The van der Waals surface area contributed by atoms with Crippen molar-refractivity contribution in [3.8, 4) is 0 Å². The fraction of sp³-hybridized carbons (Fsp3) is 0.881.